The molecule has 1 aliphatic rings. The van der Waals surface area contributed by atoms with E-state index < -0.39 is 0 Å². The Kier molecular flexibility index (Phi) is 6.58. The van der Waals surface area contributed by atoms with E-state index in [0.29, 0.717) is 5.92 Å². The summed E-state index contributed by atoms with van der Waals surface area (Å²) in [5.41, 5.74) is 0. The number of nitrogens with zero attached hydrogens (tertiary/aromatic N) is 1. The minimum atomic E-state index is 0.00896. The van der Waals surface area contributed by atoms with Crippen molar-refractivity contribution in [1.29, 1.82) is 0 Å². The molecule has 3 nitrogen and oxygen atoms in total. The predicted octanol–water partition coefficient (Wildman–Crippen LogP) is 3.44. The highest BCUT2D eigenvalue weighted by Crippen LogP contribution is 2.27. The van der Waals surface area contributed by atoms with Gasteiger partial charge in [0.15, 0.2) is 0 Å². The van der Waals surface area contributed by atoms with Crippen LogP contribution >= 0.6 is 11.8 Å². The van der Waals surface area contributed by atoms with Crippen LogP contribution in [-0.4, -0.2) is 42.4 Å². The number of rotatable bonds is 7. The molecule has 1 saturated heterocycles. The molecule has 1 aromatic carbocycles. The van der Waals surface area contributed by atoms with Crippen molar-refractivity contribution in [3.05, 3.63) is 30.3 Å². The molecule has 21 heavy (non-hydrogen) atoms. The van der Waals surface area contributed by atoms with Crippen molar-refractivity contribution in [1.82, 2.24) is 4.90 Å². The van der Waals surface area contributed by atoms with Crippen molar-refractivity contribution < 1.29 is 9.53 Å². The average molecular weight is 307 g/mol. The van der Waals surface area contributed by atoms with E-state index in [2.05, 4.69) is 26.0 Å². The number of ether oxygens (including phenoxy) is 1. The normalized spacial score (nSPS) is 19.4. The highest BCUT2D eigenvalue weighted by atomic mass is 32.2. The predicted molar refractivity (Wildman–Crippen MR) is 87.6 cm³/mol. The molecule has 0 bridgehead atoms. The fourth-order valence-corrected chi connectivity index (χ4v) is 3.65. The number of amides is 1. The number of carbonyl (C=O) groups is 1. The monoisotopic (exact) mass is 307 g/mol. The topological polar surface area (TPSA) is 29.5 Å². The number of hydrogen-bond acceptors (Lipinski definition) is 3. The third-order valence-corrected chi connectivity index (χ3v) is 5.23. The van der Waals surface area contributed by atoms with Gasteiger partial charge < -0.3 is 9.64 Å². The second-order valence-electron chi connectivity index (χ2n) is 5.43. The van der Waals surface area contributed by atoms with E-state index in [4.69, 9.17) is 4.74 Å². The maximum absolute atomic E-state index is 12.8. The molecule has 2 rings (SSSR count). The summed E-state index contributed by atoms with van der Waals surface area (Å²) in [5, 5.41) is 0.00896. The van der Waals surface area contributed by atoms with Crippen LogP contribution in [0.5, 0.6) is 0 Å². The second kappa shape index (κ2) is 8.44. The van der Waals surface area contributed by atoms with Gasteiger partial charge in [-0.1, -0.05) is 25.1 Å². The van der Waals surface area contributed by atoms with Crippen molar-refractivity contribution in [3.63, 3.8) is 0 Å². The molecule has 4 heteroatoms. The van der Waals surface area contributed by atoms with Gasteiger partial charge in [-0.2, -0.15) is 0 Å². The second-order valence-corrected chi connectivity index (χ2v) is 6.71. The largest absolute Gasteiger partial charge is 0.381 e. The van der Waals surface area contributed by atoms with Crippen LogP contribution in [0.4, 0.5) is 0 Å². The number of hydrogen-bond donors (Lipinski definition) is 0. The first-order valence-electron chi connectivity index (χ1n) is 7.82. The van der Waals surface area contributed by atoms with E-state index in [1.165, 1.54) is 0 Å². The highest BCUT2D eigenvalue weighted by molar-refractivity contribution is 8.00. The van der Waals surface area contributed by atoms with Gasteiger partial charge in [-0.3, -0.25) is 4.79 Å². The Morgan fingerprint density at radius 3 is 2.71 bits per heavy atom. The zero-order valence-corrected chi connectivity index (χ0v) is 13.8. The fraction of sp³-hybridized carbons (Fsp3) is 0.588. The smallest absolute Gasteiger partial charge is 0.236 e. The molecule has 116 valence electrons. The lowest BCUT2D eigenvalue weighted by Crippen LogP contribution is -2.40. The van der Waals surface area contributed by atoms with Crippen molar-refractivity contribution in [2.45, 2.75) is 36.8 Å². The quantitative estimate of drug-likeness (QED) is 0.723. The Balaban J connectivity index is 1.96. The van der Waals surface area contributed by atoms with Gasteiger partial charge in [-0.15, -0.1) is 11.8 Å². The molecular formula is C17H25NO2S. The number of carbonyl (C=O) groups excluding carboxylic acids is 1. The van der Waals surface area contributed by atoms with E-state index >= 15 is 0 Å². The fourth-order valence-electron chi connectivity index (χ4n) is 2.59. The Hall–Kier alpha value is -1.00. The molecule has 0 aromatic heterocycles. The SMILES string of the molecule is CC[C@H](Sc1ccccc1)C(=O)N(CC)C[C@H]1CCOC1. The first-order chi connectivity index (χ1) is 10.2. The molecule has 1 aromatic rings. The third kappa shape index (κ3) is 4.75. The molecule has 2 atom stereocenters. The lowest BCUT2D eigenvalue weighted by atomic mass is 10.1. The van der Waals surface area contributed by atoms with E-state index in [1.54, 1.807) is 11.8 Å². The van der Waals surface area contributed by atoms with Crippen LogP contribution in [0.25, 0.3) is 0 Å². The van der Waals surface area contributed by atoms with Gasteiger partial charge in [0.25, 0.3) is 0 Å². The lowest BCUT2D eigenvalue weighted by molar-refractivity contribution is -0.131. The molecule has 1 aliphatic heterocycles. The Morgan fingerprint density at radius 2 is 2.14 bits per heavy atom. The minimum absolute atomic E-state index is 0.00896. The van der Waals surface area contributed by atoms with Crippen molar-refractivity contribution in [2.24, 2.45) is 5.92 Å². The van der Waals surface area contributed by atoms with E-state index in [1.807, 2.05) is 23.1 Å². The third-order valence-electron chi connectivity index (χ3n) is 3.86. The molecule has 1 heterocycles. The van der Waals surface area contributed by atoms with Crippen LogP contribution in [0.1, 0.15) is 26.7 Å². The van der Waals surface area contributed by atoms with Crippen molar-refractivity contribution in [3.8, 4) is 0 Å². The molecule has 0 N–H and O–H groups in total. The van der Waals surface area contributed by atoms with Crippen LogP contribution in [0, 0.1) is 5.92 Å². The molecule has 0 saturated carbocycles. The Morgan fingerprint density at radius 1 is 1.38 bits per heavy atom. The van der Waals surface area contributed by atoms with Gasteiger partial charge in [0.2, 0.25) is 5.91 Å². The van der Waals surface area contributed by atoms with Crippen LogP contribution in [0.15, 0.2) is 35.2 Å². The average Bonchev–Trinajstić information content (AvgIpc) is 3.03. The molecule has 0 unspecified atom stereocenters. The molecular weight excluding hydrogens is 282 g/mol. The zero-order valence-electron chi connectivity index (χ0n) is 13.0. The summed E-state index contributed by atoms with van der Waals surface area (Å²) in [6.45, 7) is 7.40. The van der Waals surface area contributed by atoms with Gasteiger partial charge >= 0.3 is 0 Å². The molecule has 1 fully saturated rings. The first-order valence-corrected chi connectivity index (χ1v) is 8.70. The maximum atomic E-state index is 12.8. The molecule has 0 radical (unpaired) electrons. The van der Waals surface area contributed by atoms with Crippen LogP contribution < -0.4 is 0 Å². The zero-order chi connectivity index (χ0) is 15.1. The summed E-state index contributed by atoms with van der Waals surface area (Å²) in [6, 6.07) is 10.2. The van der Waals surface area contributed by atoms with E-state index in [0.717, 1.165) is 44.0 Å². The van der Waals surface area contributed by atoms with Gasteiger partial charge in [0.05, 0.1) is 11.9 Å². The van der Waals surface area contributed by atoms with Gasteiger partial charge in [-0.25, -0.2) is 0 Å². The van der Waals surface area contributed by atoms with Crippen molar-refractivity contribution >= 4 is 17.7 Å². The lowest BCUT2D eigenvalue weighted by Gasteiger charge is -2.27. The van der Waals surface area contributed by atoms with Gasteiger partial charge in [-0.05, 0) is 31.9 Å². The Labute approximate surface area is 132 Å². The summed E-state index contributed by atoms with van der Waals surface area (Å²) in [5.74, 6) is 0.772. The summed E-state index contributed by atoms with van der Waals surface area (Å²) in [4.78, 5) is 15.9. The van der Waals surface area contributed by atoms with Crippen LogP contribution in [0.3, 0.4) is 0 Å². The standard InChI is InChI=1S/C17H25NO2S/c1-3-16(21-15-8-6-5-7-9-15)17(19)18(4-2)12-14-10-11-20-13-14/h5-9,14,16H,3-4,10-13H2,1-2H3/t14-,16+/m1/s1. The highest BCUT2D eigenvalue weighted by Gasteiger charge is 2.26. The van der Waals surface area contributed by atoms with Crippen LogP contribution in [0.2, 0.25) is 0 Å². The van der Waals surface area contributed by atoms with E-state index in [-0.39, 0.29) is 11.2 Å². The number of thioether (sulfide) groups is 1. The molecule has 0 spiro atoms. The minimum Gasteiger partial charge on any atom is -0.381 e. The van der Waals surface area contributed by atoms with E-state index in [9.17, 15) is 4.79 Å². The first kappa shape index (κ1) is 16.4. The summed E-state index contributed by atoms with van der Waals surface area (Å²) < 4.78 is 5.42. The summed E-state index contributed by atoms with van der Waals surface area (Å²) in [6.07, 6.45) is 1.93. The van der Waals surface area contributed by atoms with Crippen LogP contribution in [-0.2, 0) is 9.53 Å². The number of benzene rings is 1. The van der Waals surface area contributed by atoms with Gasteiger partial charge in [0.1, 0.15) is 0 Å². The van der Waals surface area contributed by atoms with Crippen molar-refractivity contribution in [2.75, 3.05) is 26.3 Å². The van der Waals surface area contributed by atoms with Gasteiger partial charge in [0, 0.05) is 30.5 Å². The molecule has 1 amide bonds. The summed E-state index contributed by atoms with van der Waals surface area (Å²) in [7, 11) is 0. The Bertz CT molecular complexity index is 432. The summed E-state index contributed by atoms with van der Waals surface area (Å²) >= 11 is 1.68. The maximum Gasteiger partial charge on any atom is 0.236 e. The molecule has 0 aliphatic carbocycles.